The number of sulfonamides is 1. The number of nitrogens with one attached hydrogen (secondary N) is 1. The summed E-state index contributed by atoms with van der Waals surface area (Å²) in [7, 11) is -3.57. The molecule has 0 bridgehead atoms. The third-order valence-electron chi connectivity index (χ3n) is 3.70. The van der Waals surface area contributed by atoms with Crippen molar-refractivity contribution in [3.05, 3.63) is 53.9 Å². The molecular weight excluding hydrogens is 348 g/mol. The fourth-order valence-corrected chi connectivity index (χ4v) is 3.04. The Labute approximate surface area is 155 Å². The summed E-state index contributed by atoms with van der Waals surface area (Å²) in [6, 6.07) is 10.6. The van der Waals surface area contributed by atoms with Gasteiger partial charge in [-0.05, 0) is 42.2 Å². The number of nitrogens with zero attached hydrogens (tertiary/aromatic N) is 1. The summed E-state index contributed by atoms with van der Waals surface area (Å²) >= 11 is 0. The molecule has 0 spiro atoms. The van der Waals surface area contributed by atoms with E-state index in [1.54, 1.807) is 18.3 Å². The van der Waals surface area contributed by atoms with Crippen molar-refractivity contribution in [3.63, 3.8) is 0 Å². The van der Waals surface area contributed by atoms with Crippen molar-refractivity contribution in [1.82, 2.24) is 9.71 Å². The number of rotatable bonds is 5. The molecule has 1 heterocycles. The summed E-state index contributed by atoms with van der Waals surface area (Å²) in [5.41, 5.74) is 1.97. The Balaban J connectivity index is 1.85. The van der Waals surface area contributed by atoms with Gasteiger partial charge < -0.3 is 4.74 Å². The van der Waals surface area contributed by atoms with E-state index in [2.05, 4.69) is 42.3 Å². The molecule has 5 nitrogen and oxygen atoms in total. The third-order valence-corrected chi connectivity index (χ3v) is 5.12. The van der Waals surface area contributed by atoms with Crippen LogP contribution >= 0.6 is 0 Å². The van der Waals surface area contributed by atoms with E-state index in [9.17, 15) is 8.42 Å². The molecule has 0 aliphatic rings. The predicted molar refractivity (Wildman–Crippen MR) is 103 cm³/mol. The SMILES string of the molecule is Cc1ccc(OCC#CCNS(=O)(=O)c2ccc(C(C)(C)C)cc2)cn1. The fourth-order valence-electron chi connectivity index (χ4n) is 2.12. The fraction of sp³-hybridized carbons (Fsp3) is 0.350. The molecule has 0 saturated heterocycles. The van der Waals surface area contributed by atoms with Crippen molar-refractivity contribution >= 4 is 10.0 Å². The lowest BCUT2D eigenvalue weighted by molar-refractivity contribution is 0.368. The van der Waals surface area contributed by atoms with Crippen molar-refractivity contribution in [2.24, 2.45) is 0 Å². The van der Waals surface area contributed by atoms with Gasteiger partial charge in [0.05, 0.1) is 17.6 Å². The smallest absolute Gasteiger partial charge is 0.241 e. The quantitative estimate of drug-likeness (QED) is 0.819. The van der Waals surface area contributed by atoms with Crippen LogP contribution in [0.4, 0.5) is 0 Å². The zero-order chi connectivity index (χ0) is 19.2. The van der Waals surface area contributed by atoms with Crippen LogP contribution < -0.4 is 9.46 Å². The molecule has 2 rings (SSSR count). The van der Waals surface area contributed by atoms with Crippen LogP contribution in [0, 0.1) is 18.8 Å². The Kier molecular flexibility index (Phi) is 6.41. The molecular formula is C20H24N2O3S. The average molecular weight is 372 g/mol. The van der Waals surface area contributed by atoms with Crippen molar-refractivity contribution in [1.29, 1.82) is 0 Å². The Morgan fingerprint density at radius 1 is 1.08 bits per heavy atom. The number of aryl methyl sites for hydroxylation is 1. The highest BCUT2D eigenvalue weighted by molar-refractivity contribution is 7.89. The summed E-state index contributed by atoms with van der Waals surface area (Å²) in [5, 5.41) is 0. The van der Waals surface area contributed by atoms with Gasteiger partial charge in [-0.3, -0.25) is 4.98 Å². The van der Waals surface area contributed by atoms with Crippen LogP contribution in [-0.2, 0) is 15.4 Å². The first-order chi connectivity index (χ1) is 12.2. The molecule has 6 heteroatoms. The van der Waals surface area contributed by atoms with Crippen LogP contribution in [-0.4, -0.2) is 26.6 Å². The molecule has 0 amide bonds. The van der Waals surface area contributed by atoms with Crippen molar-refractivity contribution < 1.29 is 13.2 Å². The van der Waals surface area contributed by atoms with E-state index in [-0.39, 0.29) is 23.5 Å². The van der Waals surface area contributed by atoms with E-state index < -0.39 is 10.0 Å². The minimum atomic E-state index is -3.57. The van der Waals surface area contributed by atoms with E-state index in [1.807, 2.05) is 31.2 Å². The van der Waals surface area contributed by atoms with E-state index in [0.717, 1.165) is 11.3 Å². The molecule has 0 fully saturated rings. The number of benzene rings is 1. The lowest BCUT2D eigenvalue weighted by atomic mass is 9.87. The third kappa shape index (κ3) is 5.87. The second kappa shape index (κ2) is 8.35. The van der Waals surface area contributed by atoms with E-state index >= 15 is 0 Å². The summed E-state index contributed by atoms with van der Waals surface area (Å²) < 4.78 is 32.4. The first-order valence-corrected chi connectivity index (χ1v) is 9.78. The van der Waals surface area contributed by atoms with Crippen LogP contribution in [0.1, 0.15) is 32.0 Å². The molecule has 1 aromatic carbocycles. The predicted octanol–water partition coefficient (Wildman–Crippen LogP) is 3.05. The summed E-state index contributed by atoms with van der Waals surface area (Å²) in [4.78, 5) is 4.35. The van der Waals surface area contributed by atoms with Gasteiger partial charge in [0.25, 0.3) is 0 Å². The molecule has 0 unspecified atom stereocenters. The monoisotopic (exact) mass is 372 g/mol. The largest absolute Gasteiger partial charge is 0.479 e. The van der Waals surface area contributed by atoms with Crippen LogP contribution in [0.3, 0.4) is 0 Å². The number of ether oxygens (including phenoxy) is 1. The molecule has 0 atom stereocenters. The normalized spacial score (nSPS) is 11.5. The van der Waals surface area contributed by atoms with Crippen molar-refractivity contribution in [2.75, 3.05) is 13.2 Å². The van der Waals surface area contributed by atoms with Gasteiger partial charge in [-0.25, -0.2) is 8.42 Å². The molecule has 0 saturated carbocycles. The molecule has 0 radical (unpaired) electrons. The topological polar surface area (TPSA) is 68.3 Å². The first-order valence-electron chi connectivity index (χ1n) is 8.30. The molecule has 0 aliphatic heterocycles. The van der Waals surface area contributed by atoms with E-state index in [4.69, 9.17) is 4.74 Å². The number of pyridine rings is 1. The van der Waals surface area contributed by atoms with Crippen LogP contribution in [0.5, 0.6) is 5.75 Å². The van der Waals surface area contributed by atoms with Gasteiger partial charge in [-0.15, -0.1) is 0 Å². The standard InChI is InChI=1S/C20H24N2O3S/c1-16-7-10-18(15-21-16)25-14-6-5-13-22-26(23,24)19-11-8-17(9-12-19)20(2,3)4/h7-12,15,22H,13-14H2,1-4H3. The van der Waals surface area contributed by atoms with Gasteiger partial charge in [-0.2, -0.15) is 4.72 Å². The second-order valence-electron chi connectivity index (χ2n) is 6.88. The van der Waals surface area contributed by atoms with Gasteiger partial charge in [-0.1, -0.05) is 44.7 Å². The maximum atomic E-state index is 12.3. The molecule has 138 valence electrons. The Morgan fingerprint density at radius 2 is 1.77 bits per heavy atom. The molecule has 2 aromatic rings. The molecule has 1 aromatic heterocycles. The number of hydrogen-bond acceptors (Lipinski definition) is 4. The second-order valence-corrected chi connectivity index (χ2v) is 8.64. The Bertz CT molecular complexity index is 885. The number of aromatic nitrogens is 1. The van der Waals surface area contributed by atoms with E-state index in [0.29, 0.717) is 5.75 Å². The van der Waals surface area contributed by atoms with Gasteiger partial charge in [0, 0.05) is 5.69 Å². The summed E-state index contributed by atoms with van der Waals surface area (Å²) in [6.45, 7) is 8.34. The molecule has 26 heavy (non-hydrogen) atoms. The highest BCUT2D eigenvalue weighted by Gasteiger charge is 2.16. The lowest BCUT2D eigenvalue weighted by Gasteiger charge is -2.19. The number of hydrogen-bond donors (Lipinski definition) is 1. The lowest BCUT2D eigenvalue weighted by Crippen LogP contribution is -2.24. The van der Waals surface area contributed by atoms with Gasteiger partial charge in [0.2, 0.25) is 10.0 Å². The van der Waals surface area contributed by atoms with Crippen LogP contribution in [0.2, 0.25) is 0 Å². The van der Waals surface area contributed by atoms with Crippen molar-refractivity contribution in [3.8, 4) is 17.6 Å². The summed E-state index contributed by atoms with van der Waals surface area (Å²) in [6.07, 6.45) is 1.63. The van der Waals surface area contributed by atoms with Crippen molar-refractivity contribution in [2.45, 2.75) is 38.0 Å². The van der Waals surface area contributed by atoms with Gasteiger partial charge >= 0.3 is 0 Å². The maximum Gasteiger partial charge on any atom is 0.241 e. The molecule has 1 N–H and O–H groups in total. The zero-order valence-corrected chi connectivity index (χ0v) is 16.4. The Hall–Kier alpha value is -2.36. The molecule has 0 aliphatic carbocycles. The minimum Gasteiger partial charge on any atom is -0.479 e. The maximum absolute atomic E-state index is 12.3. The zero-order valence-electron chi connectivity index (χ0n) is 15.5. The van der Waals surface area contributed by atoms with Crippen LogP contribution in [0.15, 0.2) is 47.5 Å². The first kappa shape index (κ1) is 20.0. The van der Waals surface area contributed by atoms with Gasteiger partial charge in [0.1, 0.15) is 12.4 Å². The van der Waals surface area contributed by atoms with Gasteiger partial charge in [0.15, 0.2) is 0 Å². The average Bonchev–Trinajstić information content (AvgIpc) is 2.59. The highest BCUT2D eigenvalue weighted by atomic mass is 32.2. The van der Waals surface area contributed by atoms with Crippen LogP contribution in [0.25, 0.3) is 0 Å². The highest BCUT2D eigenvalue weighted by Crippen LogP contribution is 2.23. The minimum absolute atomic E-state index is 0.0197. The van der Waals surface area contributed by atoms with E-state index in [1.165, 1.54) is 0 Å². The Morgan fingerprint density at radius 3 is 2.35 bits per heavy atom. The summed E-state index contributed by atoms with van der Waals surface area (Å²) in [5.74, 6) is 6.15.